The number of H-pyrrole nitrogens is 1. The van der Waals surface area contributed by atoms with Crippen LogP contribution in [-0.2, 0) is 13.1 Å². The summed E-state index contributed by atoms with van der Waals surface area (Å²) in [5, 5.41) is 19.7. The number of ether oxygens (including phenoxy) is 1. The van der Waals surface area contributed by atoms with Gasteiger partial charge >= 0.3 is 0 Å². The van der Waals surface area contributed by atoms with Crippen LogP contribution in [0.25, 0.3) is 0 Å². The third-order valence-corrected chi connectivity index (χ3v) is 4.23. The van der Waals surface area contributed by atoms with Crippen LogP contribution in [0.2, 0.25) is 0 Å². The van der Waals surface area contributed by atoms with Crippen molar-refractivity contribution in [2.24, 2.45) is 5.73 Å². The SMILES string of the molecule is Cc1cc(C#N)cc(Oc2c(C)n[nH]c2CNCc2ccc(C(N)=O)cc2)c1. The van der Waals surface area contributed by atoms with Gasteiger partial charge in [-0.15, -0.1) is 0 Å². The van der Waals surface area contributed by atoms with Crippen LogP contribution in [0.3, 0.4) is 0 Å². The average molecular weight is 375 g/mol. The number of nitrogens with zero attached hydrogens (tertiary/aromatic N) is 2. The van der Waals surface area contributed by atoms with Crippen molar-refractivity contribution in [3.8, 4) is 17.6 Å². The fourth-order valence-electron chi connectivity index (χ4n) is 2.83. The first-order valence-corrected chi connectivity index (χ1v) is 8.79. The standard InChI is InChI=1S/C21H21N5O2/c1-13-7-16(10-22)9-18(8-13)28-20-14(2)25-26-19(20)12-24-11-15-3-5-17(6-4-15)21(23)27/h3-9,24H,11-12H2,1-2H3,(H2,23,27)(H,25,26). The molecule has 3 rings (SSSR count). The molecule has 0 spiro atoms. The lowest BCUT2D eigenvalue weighted by atomic mass is 10.1. The minimum Gasteiger partial charge on any atom is -0.453 e. The maximum absolute atomic E-state index is 11.1. The Morgan fingerprint density at radius 1 is 1.21 bits per heavy atom. The van der Waals surface area contributed by atoms with E-state index >= 15 is 0 Å². The number of benzene rings is 2. The van der Waals surface area contributed by atoms with Crippen LogP contribution in [-0.4, -0.2) is 16.1 Å². The molecule has 7 heteroatoms. The zero-order chi connectivity index (χ0) is 20.1. The Balaban J connectivity index is 1.67. The Bertz CT molecular complexity index is 1030. The van der Waals surface area contributed by atoms with Crippen molar-refractivity contribution in [1.82, 2.24) is 15.5 Å². The predicted molar refractivity (Wildman–Crippen MR) is 105 cm³/mol. The van der Waals surface area contributed by atoms with E-state index in [9.17, 15) is 4.79 Å². The lowest BCUT2D eigenvalue weighted by molar-refractivity contribution is 0.100. The summed E-state index contributed by atoms with van der Waals surface area (Å²) in [5.74, 6) is 0.806. The molecule has 0 radical (unpaired) electrons. The number of aromatic nitrogens is 2. The van der Waals surface area contributed by atoms with Gasteiger partial charge < -0.3 is 15.8 Å². The van der Waals surface area contributed by atoms with Crippen LogP contribution in [0.4, 0.5) is 0 Å². The van der Waals surface area contributed by atoms with Gasteiger partial charge in [-0.3, -0.25) is 9.89 Å². The summed E-state index contributed by atoms with van der Waals surface area (Å²) in [6.45, 7) is 4.91. The topological polar surface area (TPSA) is 117 Å². The molecule has 0 unspecified atom stereocenters. The first-order valence-electron chi connectivity index (χ1n) is 8.79. The number of nitriles is 1. The van der Waals surface area contributed by atoms with Gasteiger partial charge in [0.05, 0.1) is 17.3 Å². The molecule has 0 bridgehead atoms. The zero-order valence-corrected chi connectivity index (χ0v) is 15.7. The molecule has 0 aliphatic rings. The van der Waals surface area contributed by atoms with Crippen LogP contribution in [0.5, 0.6) is 11.5 Å². The summed E-state index contributed by atoms with van der Waals surface area (Å²) in [5.41, 5.74) is 9.82. The first kappa shape index (κ1) is 19.1. The molecule has 0 aliphatic carbocycles. The molecular weight excluding hydrogens is 354 g/mol. The molecule has 0 saturated carbocycles. The Morgan fingerprint density at radius 3 is 2.64 bits per heavy atom. The number of amides is 1. The van der Waals surface area contributed by atoms with Gasteiger partial charge in [0.25, 0.3) is 0 Å². The molecule has 0 atom stereocenters. The van der Waals surface area contributed by atoms with Gasteiger partial charge in [-0.1, -0.05) is 12.1 Å². The van der Waals surface area contributed by atoms with Crippen molar-refractivity contribution < 1.29 is 9.53 Å². The fourth-order valence-corrected chi connectivity index (χ4v) is 2.83. The van der Waals surface area contributed by atoms with Crippen LogP contribution < -0.4 is 15.8 Å². The van der Waals surface area contributed by atoms with Gasteiger partial charge in [0, 0.05) is 18.7 Å². The molecule has 3 aromatic rings. The zero-order valence-electron chi connectivity index (χ0n) is 15.7. The Morgan fingerprint density at radius 2 is 1.96 bits per heavy atom. The molecule has 0 fully saturated rings. The monoisotopic (exact) mass is 375 g/mol. The first-order chi connectivity index (χ1) is 13.5. The van der Waals surface area contributed by atoms with E-state index in [-0.39, 0.29) is 0 Å². The van der Waals surface area contributed by atoms with Crippen molar-refractivity contribution >= 4 is 5.91 Å². The Hall–Kier alpha value is -3.63. The summed E-state index contributed by atoms with van der Waals surface area (Å²) in [7, 11) is 0. The normalized spacial score (nSPS) is 10.5. The van der Waals surface area contributed by atoms with Gasteiger partial charge in [-0.25, -0.2) is 0 Å². The number of hydrogen-bond acceptors (Lipinski definition) is 5. The van der Waals surface area contributed by atoms with Crippen molar-refractivity contribution in [3.63, 3.8) is 0 Å². The van der Waals surface area contributed by atoms with E-state index in [2.05, 4.69) is 21.6 Å². The van der Waals surface area contributed by atoms with E-state index in [4.69, 9.17) is 15.7 Å². The number of hydrogen-bond donors (Lipinski definition) is 3. The number of carbonyl (C=O) groups excluding carboxylic acids is 1. The van der Waals surface area contributed by atoms with Crippen molar-refractivity contribution in [1.29, 1.82) is 5.26 Å². The van der Waals surface area contributed by atoms with Crippen LogP contribution >= 0.6 is 0 Å². The third kappa shape index (κ3) is 4.55. The van der Waals surface area contributed by atoms with E-state index < -0.39 is 5.91 Å². The Labute approximate surface area is 163 Å². The van der Waals surface area contributed by atoms with E-state index in [0.29, 0.717) is 35.7 Å². The average Bonchev–Trinajstić information content (AvgIpc) is 3.01. The maximum Gasteiger partial charge on any atom is 0.248 e. The van der Waals surface area contributed by atoms with E-state index in [0.717, 1.165) is 22.5 Å². The largest absolute Gasteiger partial charge is 0.453 e. The van der Waals surface area contributed by atoms with Gasteiger partial charge in [-0.05, 0) is 55.3 Å². The van der Waals surface area contributed by atoms with Gasteiger partial charge in [0.1, 0.15) is 11.4 Å². The van der Waals surface area contributed by atoms with E-state index in [1.165, 1.54) is 0 Å². The number of carbonyl (C=O) groups is 1. The highest BCUT2D eigenvalue weighted by Crippen LogP contribution is 2.28. The fraction of sp³-hybridized carbons (Fsp3) is 0.190. The molecule has 1 aromatic heterocycles. The number of primary amides is 1. The summed E-state index contributed by atoms with van der Waals surface area (Å²) < 4.78 is 6.01. The Kier molecular flexibility index (Phi) is 5.72. The highest BCUT2D eigenvalue weighted by Gasteiger charge is 2.13. The van der Waals surface area contributed by atoms with E-state index in [1.54, 1.807) is 24.3 Å². The molecule has 1 heterocycles. The lowest BCUT2D eigenvalue weighted by Crippen LogP contribution is -2.14. The number of aryl methyl sites for hydroxylation is 2. The summed E-state index contributed by atoms with van der Waals surface area (Å²) in [6.07, 6.45) is 0. The molecule has 142 valence electrons. The molecular formula is C21H21N5O2. The second kappa shape index (κ2) is 8.37. The molecule has 1 amide bonds. The summed E-state index contributed by atoms with van der Waals surface area (Å²) in [4.78, 5) is 11.1. The summed E-state index contributed by atoms with van der Waals surface area (Å²) >= 11 is 0. The number of nitrogens with one attached hydrogen (secondary N) is 2. The molecule has 0 aliphatic heterocycles. The predicted octanol–water partition coefficient (Wildman–Crippen LogP) is 3.08. The molecule has 2 aromatic carbocycles. The van der Waals surface area contributed by atoms with Crippen LogP contribution in [0, 0.1) is 25.2 Å². The van der Waals surface area contributed by atoms with Crippen molar-refractivity contribution in [3.05, 3.63) is 76.1 Å². The lowest BCUT2D eigenvalue weighted by Gasteiger charge is -2.10. The highest BCUT2D eigenvalue weighted by molar-refractivity contribution is 5.92. The molecule has 0 saturated heterocycles. The van der Waals surface area contributed by atoms with Gasteiger partial charge in [0.15, 0.2) is 5.75 Å². The molecule has 28 heavy (non-hydrogen) atoms. The number of rotatable bonds is 7. The molecule has 4 N–H and O–H groups in total. The van der Waals surface area contributed by atoms with Crippen LogP contribution in [0.1, 0.15) is 38.4 Å². The van der Waals surface area contributed by atoms with Crippen LogP contribution in [0.15, 0.2) is 42.5 Å². The second-order valence-corrected chi connectivity index (χ2v) is 6.53. The second-order valence-electron chi connectivity index (χ2n) is 6.53. The number of nitrogens with two attached hydrogens (primary N) is 1. The quantitative estimate of drug-likeness (QED) is 0.587. The highest BCUT2D eigenvalue weighted by atomic mass is 16.5. The van der Waals surface area contributed by atoms with Crippen molar-refractivity contribution in [2.45, 2.75) is 26.9 Å². The molecule has 7 nitrogen and oxygen atoms in total. The smallest absolute Gasteiger partial charge is 0.248 e. The summed E-state index contributed by atoms with van der Waals surface area (Å²) in [6, 6.07) is 14.7. The van der Waals surface area contributed by atoms with E-state index in [1.807, 2.05) is 32.0 Å². The minimum atomic E-state index is -0.440. The number of aromatic amines is 1. The van der Waals surface area contributed by atoms with Gasteiger partial charge in [-0.2, -0.15) is 10.4 Å². The maximum atomic E-state index is 11.1. The van der Waals surface area contributed by atoms with Crippen molar-refractivity contribution in [2.75, 3.05) is 0 Å². The van der Waals surface area contributed by atoms with Gasteiger partial charge in [0.2, 0.25) is 5.91 Å². The minimum absolute atomic E-state index is 0.440. The third-order valence-electron chi connectivity index (χ3n) is 4.23.